The minimum absolute atomic E-state index is 0.0409. The number of hydrogen-bond donors (Lipinski definition) is 0. The Morgan fingerprint density at radius 3 is 2.70 bits per heavy atom. The van der Waals surface area contributed by atoms with Crippen LogP contribution >= 0.6 is 0 Å². The van der Waals surface area contributed by atoms with E-state index in [2.05, 4.69) is 43.3 Å². The van der Waals surface area contributed by atoms with E-state index in [0.717, 1.165) is 24.9 Å². The van der Waals surface area contributed by atoms with Gasteiger partial charge in [0.2, 0.25) is 0 Å². The molecule has 3 heteroatoms. The zero-order chi connectivity index (χ0) is 16.0. The fraction of sp³-hybridized carbons (Fsp3) is 0.400. The first kappa shape index (κ1) is 14.9. The summed E-state index contributed by atoms with van der Waals surface area (Å²) in [6.45, 7) is 0.903. The van der Waals surface area contributed by atoms with E-state index in [-0.39, 0.29) is 23.9 Å². The third-order valence-corrected chi connectivity index (χ3v) is 5.04. The van der Waals surface area contributed by atoms with Gasteiger partial charge in [-0.05, 0) is 61.3 Å². The first-order valence-corrected chi connectivity index (χ1v) is 8.28. The maximum absolute atomic E-state index is 13.9. The highest BCUT2D eigenvalue weighted by molar-refractivity contribution is 5.45. The summed E-state index contributed by atoms with van der Waals surface area (Å²) in [6, 6.07) is 13.8. The number of benzene rings is 2. The van der Waals surface area contributed by atoms with Crippen LogP contribution in [0.5, 0.6) is 0 Å². The minimum Gasteiger partial charge on any atom is -0.368 e. The van der Waals surface area contributed by atoms with Gasteiger partial charge in [-0.1, -0.05) is 30.3 Å². The summed E-state index contributed by atoms with van der Waals surface area (Å²) in [5, 5.41) is 0. The molecule has 1 fully saturated rings. The van der Waals surface area contributed by atoms with E-state index in [0.29, 0.717) is 0 Å². The van der Waals surface area contributed by atoms with Gasteiger partial charge in [-0.2, -0.15) is 0 Å². The largest absolute Gasteiger partial charge is 0.368 e. The SMILES string of the molecule is CN(C)C[C@@H]1C[C@H]2c3cc(F)ccc3Cc3ccccc3[C@@H]2O1. The Kier molecular flexibility index (Phi) is 3.70. The molecule has 1 heterocycles. The summed E-state index contributed by atoms with van der Waals surface area (Å²) in [5.41, 5.74) is 4.95. The Bertz CT molecular complexity index is 727. The molecule has 3 atom stereocenters. The lowest BCUT2D eigenvalue weighted by atomic mass is 9.87. The Morgan fingerprint density at radius 2 is 1.87 bits per heavy atom. The summed E-state index contributed by atoms with van der Waals surface area (Å²) in [4.78, 5) is 2.16. The van der Waals surface area contributed by atoms with E-state index in [9.17, 15) is 4.39 Å². The van der Waals surface area contributed by atoms with E-state index in [1.165, 1.54) is 16.7 Å². The van der Waals surface area contributed by atoms with Crippen LogP contribution in [-0.4, -0.2) is 31.6 Å². The van der Waals surface area contributed by atoms with Gasteiger partial charge in [0.05, 0.1) is 12.2 Å². The van der Waals surface area contributed by atoms with Crippen molar-refractivity contribution in [3.8, 4) is 0 Å². The second-order valence-corrected chi connectivity index (χ2v) is 7.00. The average molecular weight is 311 g/mol. The monoisotopic (exact) mass is 311 g/mol. The average Bonchev–Trinajstić information content (AvgIpc) is 2.87. The molecular weight excluding hydrogens is 289 g/mol. The van der Waals surface area contributed by atoms with E-state index in [4.69, 9.17) is 4.74 Å². The predicted molar refractivity (Wildman–Crippen MR) is 89.2 cm³/mol. The van der Waals surface area contributed by atoms with Crippen molar-refractivity contribution in [2.45, 2.75) is 31.0 Å². The summed E-state index contributed by atoms with van der Waals surface area (Å²) >= 11 is 0. The fourth-order valence-electron chi connectivity index (χ4n) is 4.12. The number of fused-ring (bicyclic) bond motifs is 5. The summed E-state index contributed by atoms with van der Waals surface area (Å²) < 4.78 is 20.3. The molecule has 2 nitrogen and oxygen atoms in total. The van der Waals surface area contributed by atoms with Gasteiger partial charge in [0.1, 0.15) is 5.82 Å². The molecule has 2 aromatic carbocycles. The van der Waals surface area contributed by atoms with E-state index < -0.39 is 0 Å². The van der Waals surface area contributed by atoms with Crippen LogP contribution in [0.4, 0.5) is 4.39 Å². The normalized spacial score (nSPS) is 25.7. The maximum atomic E-state index is 13.9. The molecule has 23 heavy (non-hydrogen) atoms. The van der Waals surface area contributed by atoms with E-state index in [1.807, 2.05) is 6.07 Å². The molecule has 0 bridgehead atoms. The number of nitrogens with zero attached hydrogens (tertiary/aromatic N) is 1. The molecule has 0 N–H and O–H groups in total. The standard InChI is InChI=1S/C20H22FNO/c1-22(2)12-16-11-19-18-10-15(21)8-7-14(18)9-13-5-3-4-6-17(13)20(19)23-16/h3-8,10,16,19-20H,9,11-12H2,1-2H3/t16-,19-,20-/m0/s1. The van der Waals surface area contributed by atoms with E-state index in [1.54, 1.807) is 12.1 Å². The molecule has 0 saturated carbocycles. The topological polar surface area (TPSA) is 12.5 Å². The third kappa shape index (κ3) is 2.68. The van der Waals surface area contributed by atoms with E-state index >= 15 is 0 Å². The van der Waals surface area contributed by atoms with Gasteiger partial charge in [-0.3, -0.25) is 0 Å². The van der Waals surface area contributed by atoms with Crippen LogP contribution in [0.15, 0.2) is 42.5 Å². The predicted octanol–water partition coefficient (Wildman–Crippen LogP) is 3.91. The van der Waals surface area contributed by atoms with Crippen LogP contribution in [0, 0.1) is 5.82 Å². The molecule has 1 saturated heterocycles. The van der Waals surface area contributed by atoms with Gasteiger partial charge in [-0.15, -0.1) is 0 Å². The van der Waals surface area contributed by atoms with Crippen molar-refractivity contribution in [2.24, 2.45) is 0 Å². The Labute approximate surface area is 136 Å². The fourth-order valence-corrected chi connectivity index (χ4v) is 4.12. The van der Waals surface area contributed by atoms with Gasteiger partial charge in [0.25, 0.3) is 0 Å². The van der Waals surface area contributed by atoms with Crippen molar-refractivity contribution in [3.63, 3.8) is 0 Å². The molecule has 1 aliphatic heterocycles. The lowest BCUT2D eigenvalue weighted by Gasteiger charge is -2.20. The second-order valence-electron chi connectivity index (χ2n) is 7.00. The quantitative estimate of drug-likeness (QED) is 0.834. The van der Waals surface area contributed by atoms with Crippen LogP contribution in [-0.2, 0) is 11.2 Å². The smallest absolute Gasteiger partial charge is 0.123 e. The molecule has 0 unspecified atom stereocenters. The number of ether oxygens (including phenoxy) is 1. The molecule has 0 aromatic heterocycles. The Hall–Kier alpha value is -1.71. The first-order chi connectivity index (χ1) is 11.1. The van der Waals surface area contributed by atoms with Crippen LogP contribution in [0.3, 0.4) is 0 Å². The van der Waals surface area contributed by atoms with Gasteiger partial charge in [0.15, 0.2) is 0 Å². The van der Waals surface area contributed by atoms with Gasteiger partial charge in [0, 0.05) is 12.5 Å². The van der Waals surface area contributed by atoms with Gasteiger partial charge >= 0.3 is 0 Å². The molecule has 1 aliphatic carbocycles. The molecule has 0 radical (unpaired) electrons. The molecule has 4 rings (SSSR count). The third-order valence-electron chi connectivity index (χ3n) is 5.04. The second kappa shape index (κ2) is 5.73. The molecule has 0 amide bonds. The van der Waals surface area contributed by atoms with Crippen LogP contribution in [0.1, 0.15) is 40.7 Å². The number of rotatable bonds is 2. The van der Waals surface area contributed by atoms with Crippen molar-refractivity contribution in [3.05, 3.63) is 70.5 Å². The van der Waals surface area contributed by atoms with Crippen molar-refractivity contribution >= 4 is 0 Å². The van der Waals surface area contributed by atoms with Crippen LogP contribution in [0.25, 0.3) is 0 Å². The zero-order valence-electron chi connectivity index (χ0n) is 13.6. The highest BCUT2D eigenvalue weighted by Gasteiger charge is 2.40. The van der Waals surface area contributed by atoms with Crippen molar-refractivity contribution < 1.29 is 9.13 Å². The zero-order valence-corrected chi connectivity index (χ0v) is 13.6. The molecule has 0 spiro atoms. The molecule has 2 aromatic rings. The van der Waals surface area contributed by atoms with Crippen molar-refractivity contribution in [1.29, 1.82) is 0 Å². The maximum Gasteiger partial charge on any atom is 0.123 e. The number of hydrogen-bond acceptors (Lipinski definition) is 2. The number of halogens is 1. The summed E-state index contributed by atoms with van der Waals surface area (Å²) in [5.74, 6) is 0.0961. The number of likely N-dealkylation sites (N-methyl/N-ethyl adjacent to an activating group) is 1. The lowest BCUT2D eigenvalue weighted by Crippen LogP contribution is -2.25. The Balaban J connectivity index is 1.80. The van der Waals surface area contributed by atoms with Crippen molar-refractivity contribution in [2.75, 3.05) is 20.6 Å². The first-order valence-electron chi connectivity index (χ1n) is 8.28. The van der Waals surface area contributed by atoms with Gasteiger partial charge < -0.3 is 9.64 Å². The van der Waals surface area contributed by atoms with Gasteiger partial charge in [-0.25, -0.2) is 4.39 Å². The summed E-state index contributed by atoms with van der Waals surface area (Å²) in [7, 11) is 4.14. The molecule has 120 valence electrons. The Morgan fingerprint density at radius 1 is 1.09 bits per heavy atom. The lowest BCUT2D eigenvalue weighted by molar-refractivity contribution is 0.0272. The van der Waals surface area contributed by atoms with Crippen LogP contribution < -0.4 is 0 Å². The van der Waals surface area contributed by atoms with Crippen LogP contribution in [0.2, 0.25) is 0 Å². The molecule has 2 aliphatic rings. The highest BCUT2D eigenvalue weighted by Crippen LogP contribution is 2.49. The summed E-state index contributed by atoms with van der Waals surface area (Å²) in [6.07, 6.45) is 2.05. The molecular formula is C20H22FNO. The highest BCUT2D eigenvalue weighted by atomic mass is 19.1. The van der Waals surface area contributed by atoms with Crippen molar-refractivity contribution in [1.82, 2.24) is 4.90 Å². The minimum atomic E-state index is -0.149.